The van der Waals surface area contributed by atoms with Gasteiger partial charge in [0.25, 0.3) is 10.0 Å². The van der Waals surface area contributed by atoms with Gasteiger partial charge in [-0.3, -0.25) is 5.10 Å². The SMILES string of the molecule is CC(O)CC1CCCCN1S(=O)(=O)c1ccn[nH]1. The van der Waals surface area contributed by atoms with Crippen LogP contribution in [0.4, 0.5) is 0 Å². The Morgan fingerprint density at radius 1 is 1.61 bits per heavy atom. The third kappa shape index (κ3) is 2.73. The molecule has 1 aliphatic rings. The predicted molar refractivity (Wildman–Crippen MR) is 66.4 cm³/mol. The van der Waals surface area contributed by atoms with E-state index in [1.165, 1.54) is 16.6 Å². The number of rotatable bonds is 4. The monoisotopic (exact) mass is 273 g/mol. The molecule has 0 spiro atoms. The number of nitrogens with zero attached hydrogens (tertiary/aromatic N) is 2. The van der Waals surface area contributed by atoms with Crippen LogP contribution in [0.2, 0.25) is 0 Å². The smallest absolute Gasteiger partial charge is 0.260 e. The lowest BCUT2D eigenvalue weighted by Crippen LogP contribution is -2.45. The summed E-state index contributed by atoms with van der Waals surface area (Å²) in [6.07, 6.45) is 4.09. The summed E-state index contributed by atoms with van der Waals surface area (Å²) in [7, 11) is -3.51. The van der Waals surface area contributed by atoms with E-state index in [1.54, 1.807) is 6.92 Å². The van der Waals surface area contributed by atoms with Gasteiger partial charge < -0.3 is 5.11 Å². The zero-order valence-corrected chi connectivity index (χ0v) is 11.2. The van der Waals surface area contributed by atoms with E-state index < -0.39 is 16.1 Å². The fourth-order valence-corrected chi connectivity index (χ4v) is 4.04. The summed E-state index contributed by atoms with van der Waals surface area (Å²) >= 11 is 0. The second-order valence-electron chi connectivity index (χ2n) is 4.77. The molecule has 0 aromatic carbocycles. The highest BCUT2D eigenvalue weighted by atomic mass is 32.2. The quantitative estimate of drug-likeness (QED) is 0.846. The lowest BCUT2D eigenvalue weighted by molar-refractivity contribution is 0.131. The number of H-pyrrole nitrogens is 1. The van der Waals surface area contributed by atoms with Crippen molar-refractivity contribution in [3.05, 3.63) is 12.3 Å². The van der Waals surface area contributed by atoms with Gasteiger partial charge in [-0.2, -0.15) is 9.40 Å². The minimum Gasteiger partial charge on any atom is -0.393 e. The van der Waals surface area contributed by atoms with Crippen molar-refractivity contribution < 1.29 is 13.5 Å². The first kappa shape index (κ1) is 13.5. The standard InChI is InChI=1S/C11H19N3O3S/c1-9(15)8-10-4-2-3-7-14(10)18(16,17)11-5-6-12-13-11/h5-6,9-10,15H,2-4,7-8H2,1H3,(H,12,13). The first-order valence-electron chi connectivity index (χ1n) is 6.21. The van der Waals surface area contributed by atoms with E-state index in [9.17, 15) is 13.5 Å². The number of aromatic nitrogens is 2. The number of piperidine rings is 1. The van der Waals surface area contributed by atoms with Gasteiger partial charge in [0.15, 0.2) is 5.03 Å². The predicted octanol–water partition coefficient (Wildman–Crippen LogP) is 0.724. The second kappa shape index (κ2) is 5.38. The van der Waals surface area contributed by atoms with Crippen molar-refractivity contribution >= 4 is 10.0 Å². The lowest BCUT2D eigenvalue weighted by Gasteiger charge is -2.34. The number of sulfonamides is 1. The molecule has 0 bridgehead atoms. The van der Waals surface area contributed by atoms with Crippen molar-refractivity contribution in [2.75, 3.05) is 6.54 Å². The van der Waals surface area contributed by atoms with Gasteiger partial charge in [-0.1, -0.05) is 6.42 Å². The van der Waals surface area contributed by atoms with Gasteiger partial charge in [0, 0.05) is 12.6 Å². The Labute approximate surface area is 107 Å². The molecule has 6 nitrogen and oxygen atoms in total. The summed E-state index contributed by atoms with van der Waals surface area (Å²) < 4.78 is 26.3. The summed E-state index contributed by atoms with van der Waals surface area (Å²) in [5, 5.41) is 15.8. The van der Waals surface area contributed by atoms with Crippen molar-refractivity contribution in [1.82, 2.24) is 14.5 Å². The number of aliphatic hydroxyl groups excluding tert-OH is 1. The Morgan fingerprint density at radius 3 is 3.00 bits per heavy atom. The van der Waals surface area contributed by atoms with Crippen LogP contribution in [0.25, 0.3) is 0 Å². The number of hydrogen-bond acceptors (Lipinski definition) is 4. The van der Waals surface area contributed by atoms with Gasteiger partial charge in [0.2, 0.25) is 0 Å². The van der Waals surface area contributed by atoms with Gasteiger partial charge in [0.05, 0.1) is 12.3 Å². The van der Waals surface area contributed by atoms with Crippen LogP contribution in [0.3, 0.4) is 0 Å². The molecule has 2 atom stereocenters. The third-order valence-electron chi connectivity index (χ3n) is 3.25. The van der Waals surface area contributed by atoms with Crippen molar-refractivity contribution in [2.24, 2.45) is 0 Å². The summed E-state index contributed by atoms with van der Waals surface area (Å²) in [6.45, 7) is 2.20. The Balaban J connectivity index is 2.23. The largest absolute Gasteiger partial charge is 0.393 e. The molecule has 1 aromatic heterocycles. The molecular formula is C11H19N3O3S. The molecule has 1 saturated heterocycles. The normalized spacial score (nSPS) is 24.0. The van der Waals surface area contributed by atoms with Crippen LogP contribution in [-0.4, -0.2) is 46.7 Å². The average Bonchev–Trinajstić information content (AvgIpc) is 2.82. The topological polar surface area (TPSA) is 86.3 Å². The van der Waals surface area contributed by atoms with Crippen molar-refractivity contribution in [3.63, 3.8) is 0 Å². The number of aromatic amines is 1. The van der Waals surface area contributed by atoms with E-state index in [1.807, 2.05) is 0 Å². The fourth-order valence-electron chi connectivity index (χ4n) is 2.43. The molecule has 2 rings (SSSR count). The maximum atomic E-state index is 12.4. The summed E-state index contributed by atoms with van der Waals surface area (Å²) in [5.74, 6) is 0. The van der Waals surface area contributed by atoms with E-state index in [0.29, 0.717) is 13.0 Å². The minimum atomic E-state index is -3.51. The summed E-state index contributed by atoms with van der Waals surface area (Å²) in [6, 6.07) is 1.34. The summed E-state index contributed by atoms with van der Waals surface area (Å²) in [5.41, 5.74) is 0. The lowest BCUT2D eigenvalue weighted by atomic mass is 10.00. The van der Waals surface area contributed by atoms with E-state index in [4.69, 9.17) is 0 Å². The molecule has 1 aromatic rings. The van der Waals surface area contributed by atoms with Crippen molar-refractivity contribution in [1.29, 1.82) is 0 Å². The Kier molecular flexibility index (Phi) is 4.04. The highest BCUT2D eigenvalue weighted by molar-refractivity contribution is 7.89. The van der Waals surface area contributed by atoms with Crippen molar-refractivity contribution in [3.8, 4) is 0 Å². The molecule has 0 radical (unpaired) electrons. The maximum absolute atomic E-state index is 12.4. The first-order chi connectivity index (χ1) is 8.51. The zero-order chi connectivity index (χ0) is 13.2. The van der Waals surface area contributed by atoms with E-state index in [-0.39, 0.29) is 11.1 Å². The molecule has 2 heterocycles. The van der Waals surface area contributed by atoms with Gasteiger partial charge in [-0.05, 0) is 32.3 Å². The van der Waals surface area contributed by atoms with Gasteiger partial charge in [-0.25, -0.2) is 8.42 Å². The highest BCUT2D eigenvalue weighted by Gasteiger charge is 2.34. The van der Waals surface area contributed by atoms with Crippen LogP contribution >= 0.6 is 0 Å². The molecule has 18 heavy (non-hydrogen) atoms. The van der Waals surface area contributed by atoms with Crippen LogP contribution in [0, 0.1) is 0 Å². The molecule has 2 N–H and O–H groups in total. The molecule has 1 aliphatic heterocycles. The molecule has 1 fully saturated rings. The molecule has 102 valence electrons. The molecule has 7 heteroatoms. The van der Waals surface area contributed by atoms with Gasteiger partial charge >= 0.3 is 0 Å². The number of nitrogens with one attached hydrogen (secondary N) is 1. The molecule has 0 aliphatic carbocycles. The molecular weight excluding hydrogens is 254 g/mol. The first-order valence-corrected chi connectivity index (χ1v) is 7.65. The Morgan fingerprint density at radius 2 is 2.39 bits per heavy atom. The molecule has 0 amide bonds. The van der Waals surface area contributed by atoms with Crippen molar-refractivity contribution in [2.45, 2.75) is 49.8 Å². The average molecular weight is 273 g/mol. The van der Waals surface area contributed by atoms with Crippen LogP contribution in [0.1, 0.15) is 32.6 Å². The second-order valence-corrected chi connectivity index (χ2v) is 6.63. The third-order valence-corrected chi connectivity index (χ3v) is 5.13. The van der Waals surface area contributed by atoms with E-state index in [2.05, 4.69) is 10.2 Å². The number of hydrogen-bond donors (Lipinski definition) is 2. The number of aliphatic hydroxyl groups is 1. The van der Waals surface area contributed by atoms with Crippen LogP contribution in [0.5, 0.6) is 0 Å². The van der Waals surface area contributed by atoms with Gasteiger partial charge in [-0.15, -0.1) is 0 Å². The summed E-state index contributed by atoms with van der Waals surface area (Å²) in [4.78, 5) is 0. The van der Waals surface area contributed by atoms with Crippen LogP contribution < -0.4 is 0 Å². The molecule has 2 unspecified atom stereocenters. The van der Waals surface area contributed by atoms with Crippen LogP contribution in [-0.2, 0) is 10.0 Å². The fraction of sp³-hybridized carbons (Fsp3) is 0.727. The van der Waals surface area contributed by atoms with Crippen LogP contribution in [0.15, 0.2) is 17.3 Å². The highest BCUT2D eigenvalue weighted by Crippen LogP contribution is 2.26. The zero-order valence-electron chi connectivity index (χ0n) is 10.4. The van der Waals surface area contributed by atoms with E-state index >= 15 is 0 Å². The Hall–Kier alpha value is -0.920. The Bertz CT molecular complexity index is 470. The molecule has 0 saturated carbocycles. The minimum absolute atomic E-state index is 0.118. The van der Waals surface area contributed by atoms with E-state index in [0.717, 1.165) is 19.3 Å². The maximum Gasteiger partial charge on any atom is 0.260 e. The van der Waals surface area contributed by atoms with Gasteiger partial charge in [0.1, 0.15) is 0 Å².